The van der Waals surface area contributed by atoms with Gasteiger partial charge in [0.05, 0.1) is 0 Å². The van der Waals surface area contributed by atoms with Crippen molar-refractivity contribution in [3.8, 4) is 0 Å². The minimum Gasteiger partial charge on any atom is -0.302 e. The first-order valence-electron chi connectivity index (χ1n) is 6.79. The van der Waals surface area contributed by atoms with Crippen molar-refractivity contribution in [1.29, 1.82) is 0 Å². The summed E-state index contributed by atoms with van der Waals surface area (Å²) in [7, 11) is 0. The summed E-state index contributed by atoms with van der Waals surface area (Å²) >= 11 is 1.78. The molecule has 0 bridgehead atoms. The topological polar surface area (TPSA) is 12.0 Å². The summed E-state index contributed by atoms with van der Waals surface area (Å²) in [6, 6.07) is 11.9. The van der Waals surface area contributed by atoms with Crippen molar-refractivity contribution in [1.82, 2.24) is 5.32 Å². The van der Waals surface area contributed by atoms with E-state index in [9.17, 15) is 4.39 Å². The highest BCUT2D eigenvalue weighted by Gasteiger charge is 2.33. The van der Waals surface area contributed by atoms with Gasteiger partial charge in [-0.15, -0.1) is 11.3 Å². The molecule has 1 heterocycles. The maximum atomic E-state index is 13.0. The van der Waals surface area contributed by atoms with Crippen LogP contribution in [0.5, 0.6) is 0 Å². The van der Waals surface area contributed by atoms with Crippen molar-refractivity contribution in [2.24, 2.45) is 5.92 Å². The van der Waals surface area contributed by atoms with E-state index in [4.69, 9.17) is 0 Å². The Bertz CT molecular complexity index is 516. The highest BCUT2D eigenvalue weighted by atomic mass is 32.1. The number of nitrogens with one attached hydrogen (secondary N) is 1. The van der Waals surface area contributed by atoms with Gasteiger partial charge >= 0.3 is 0 Å². The first-order valence-corrected chi connectivity index (χ1v) is 7.67. The van der Waals surface area contributed by atoms with E-state index < -0.39 is 0 Å². The van der Waals surface area contributed by atoms with Gasteiger partial charge in [0.25, 0.3) is 0 Å². The zero-order valence-corrected chi connectivity index (χ0v) is 11.8. The van der Waals surface area contributed by atoms with Gasteiger partial charge in [0.2, 0.25) is 0 Å². The molecule has 19 heavy (non-hydrogen) atoms. The van der Waals surface area contributed by atoms with Crippen molar-refractivity contribution in [3.05, 3.63) is 58.0 Å². The average molecular weight is 275 g/mol. The Hall–Kier alpha value is -1.19. The monoisotopic (exact) mass is 275 g/mol. The molecule has 1 saturated carbocycles. The molecule has 0 spiro atoms. The smallest absolute Gasteiger partial charge is 0.123 e. The first-order chi connectivity index (χ1) is 9.24. The van der Waals surface area contributed by atoms with Crippen LogP contribution in [0.25, 0.3) is 0 Å². The Morgan fingerprint density at radius 2 is 1.95 bits per heavy atom. The molecule has 1 aromatic carbocycles. The Morgan fingerprint density at radius 3 is 2.53 bits per heavy atom. The molecule has 1 aliphatic carbocycles. The third kappa shape index (κ3) is 3.04. The van der Waals surface area contributed by atoms with Crippen molar-refractivity contribution in [3.63, 3.8) is 0 Å². The van der Waals surface area contributed by atoms with Gasteiger partial charge < -0.3 is 5.32 Å². The van der Waals surface area contributed by atoms with Gasteiger partial charge in [-0.05, 0) is 54.8 Å². The molecule has 2 aromatic rings. The molecule has 100 valence electrons. The molecular formula is C16H18FNS. The summed E-state index contributed by atoms with van der Waals surface area (Å²) in [5.41, 5.74) is 1.20. The fourth-order valence-electron chi connectivity index (χ4n) is 2.49. The number of hydrogen-bond donors (Lipinski definition) is 1. The van der Waals surface area contributed by atoms with Crippen molar-refractivity contribution in [2.45, 2.75) is 31.8 Å². The lowest BCUT2D eigenvalue weighted by Crippen LogP contribution is -2.25. The minimum absolute atomic E-state index is 0.162. The maximum absolute atomic E-state index is 13.0. The van der Waals surface area contributed by atoms with Crippen molar-refractivity contribution < 1.29 is 4.39 Å². The summed E-state index contributed by atoms with van der Waals surface area (Å²) < 4.78 is 13.0. The zero-order valence-electron chi connectivity index (χ0n) is 11.0. The number of halogens is 1. The molecule has 1 aliphatic rings. The number of benzene rings is 1. The largest absolute Gasteiger partial charge is 0.302 e. The van der Waals surface area contributed by atoms with Gasteiger partial charge in [-0.3, -0.25) is 0 Å². The van der Waals surface area contributed by atoms with Crippen LogP contribution in [0.3, 0.4) is 0 Å². The van der Waals surface area contributed by atoms with Gasteiger partial charge in [-0.2, -0.15) is 0 Å². The quantitative estimate of drug-likeness (QED) is 0.834. The van der Waals surface area contributed by atoms with Crippen LogP contribution in [0.4, 0.5) is 4.39 Å². The Morgan fingerprint density at radius 1 is 1.21 bits per heavy atom. The molecule has 3 heteroatoms. The van der Waals surface area contributed by atoms with E-state index in [1.54, 1.807) is 23.5 Å². The summed E-state index contributed by atoms with van der Waals surface area (Å²) in [4.78, 5) is 1.35. The van der Waals surface area contributed by atoms with Gasteiger partial charge in [-0.25, -0.2) is 4.39 Å². The Labute approximate surface area is 117 Å². The van der Waals surface area contributed by atoms with Crippen molar-refractivity contribution >= 4 is 11.3 Å². The second-order valence-electron chi connectivity index (χ2n) is 5.27. The van der Waals surface area contributed by atoms with E-state index >= 15 is 0 Å². The molecule has 1 nitrogen and oxygen atoms in total. The first kappa shape index (κ1) is 12.8. The highest BCUT2D eigenvalue weighted by Crippen LogP contribution is 2.42. The molecule has 1 unspecified atom stereocenters. The number of hydrogen-bond acceptors (Lipinski definition) is 2. The minimum atomic E-state index is -0.162. The van der Waals surface area contributed by atoms with E-state index in [1.165, 1.54) is 23.3 Å². The molecule has 1 aromatic heterocycles. The average Bonchev–Trinajstić information content (AvgIpc) is 3.10. The highest BCUT2D eigenvalue weighted by molar-refractivity contribution is 7.10. The van der Waals surface area contributed by atoms with Crippen LogP contribution < -0.4 is 5.32 Å². The van der Waals surface area contributed by atoms with E-state index in [0.29, 0.717) is 18.0 Å². The lowest BCUT2D eigenvalue weighted by Gasteiger charge is -2.23. The van der Waals surface area contributed by atoms with E-state index in [-0.39, 0.29) is 5.82 Å². The van der Waals surface area contributed by atoms with Crippen LogP contribution in [-0.4, -0.2) is 0 Å². The molecule has 1 N–H and O–H groups in total. The Balaban J connectivity index is 1.76. The van der Waals surface area contributed by atoms with Crippen LogP contribution in [0, 0.1) is 11.7 Å². The second kappa shape index (κ2) is 5.43. The van der Waals surface area contributed by atoms with Crippen LogP contribution in [0.1, 0.15) is 42.3 Å². The predicted molar refractivity (Wildman–Crippen MR) is 77.7 cm³/mol. The van der Waals surface area contributed by atoms with Gasteiger partial charge in [-0.1, -0.05) is 18.2 Å². The second-order valence-corrected chi connectivity index (χ2v) is 6.25. The lowest BCUT2D eigenvalue weighted by molar-refractivity contribution is 0.430. The normalized spacial score (nSPS) is 18.2. The van der Waals surface area contributed by atoms with Gasteiger partial charge in [0.1, 0.15) is 5.82 Å². The maximum Gasteiger partial charge on any atom is 0.123 e. The SMILES string of the molecule is C[C@@H](NC(c1ccc(F)cc1)C1CC1)c1cccs1. The molecule has 0 amide bonds. The standard InChI is InChI=1S/C16H18FNS/c1-11(15-3-2-10-19-15)18-16(12-4-5-12)13-6-8-14(17)9-7-13/h2-3,6-12,16,18H,4-5H2,1H3/t11-,16?/m1/s1. The fraction of sp³-hybridized carbons (Fsp3) is 0.375. The lowest BCUT2D eigenvalue weighted by atomic mass is 10.0. The van der Waals surface area contributed by atoms with Crippen LogP contribution in [-0.2, 0) is 0 Å². The van der Waals surface area contributed by atoms with Crippen LogP contribution in [0.2, 0.25) is 0 Å². The third-order valence-electron chi connectivity index (χ3n) is 3.72. The van der Waals surface area contributed by atoms with E-state index in [0.717, 1.165) is 0 Å². The van der Waals surface area contributed by atoms with Crippen molar-refractivity contribution in [2.75, 3.05) is 0 Å². The summed E-state index contributed by atoms with van der Waals surface area (Å²) in [6.07, 6.45) is 2.54. The summed E-state index contributed by atoms with van der Waals surface area (Å²) in [5.74, 6) is 0.539. The fourth-order valence-corrected chi connectivity index (χ4v) is 3.24. The third-order valence-corrected chi connectivity index (χ3v) is 4.78. The summed E-state index contributed by atoms with van der Waals surface area (Å²) in [5, 5.41) is 5.81. The van der Waals surface area contributed by atoms with E-state index in [2.05, 4.69) is 29.8 Å². The molecule has 3 rings (SSSR count). The molecular weight excluding hydrogens is 257 g/mol. The summed E-state index contributed by atoms with van der Waals surface area (Å²) in [6.45, 7) is 2.20. The number of rotatable bonds is 5. The van der Waals surface area contributed by atoms with Crippen LogP contribution >= 0.6 is 11.3 Å². The molecule has 0 aliphatic heterocycles. The zero-order chi connectivity index (χ0) is 13.2. The number of thiophene rings is 1. The van der Waals surface area contributed by atoms with Gasteiger partial charge in [0, 0.05) is 17.0 Å². The van der Waals surface area contributed by atoms with Crippen LogP contribution in [0.15, 0.2) is 41.8 Å². The molecule has 0 radical (unpaired) electrons. The van der Waals surface area contributed by atoms with Gasteiger partial charge in [0.15, 0.2) is 0 Å². The Kier molecular flexibility index (Phi) is 3.67. The molecule has 0 saturated heterocycles. The van der Waals surface area contributed by atoms with E-state index in [1.807, 2.05) is 12.1 Å². The predicted octanol–water partition coefficient (Wildman–Crippen LogP) is 4.69. The molecule has 1 fully saturated rings. The molecule has 2 atom stereocenters.